The Labute approximate surface area is 113 Å². The molecule has 2 rings (SSSR count). The smallest absolute Gasteiger partial charge is 0.186 e. The van der Waals surface area contributed by atoms with Gasteiger partial charge in [-0.15, -0.1) is 0 Å². The van der Waals surface area contributed by atoms with Gasteiger partial charge in [-0.2, -0.15) is 0 Å². The largest absolute Gasteiger partial charge is 0.345 e. The van der Waals surface area contributed by atoms with E-state index in [2.05, 4.69) is 30.7 Å². The Hall–Kier alpha value is -0.900. The van der Waals surface area contributed by atoms with E-state index in [-0.39, 0.29) is 5.78 Å². The van der Waals surface area contributed by atoms with E-state index < -0.39 is 0 Å². The van der Waals surface area contributed by atoms with Crippen molar-refractivity contribution in [2.45, 2.75) is 47.1 Å². The number of hydrogen-bond donors (Lipinski definition) is 0. The molecule has 0 N–H and O–H groups in total. The Balaban J connectivity index is 2.30. The molecular weight excluding hydrogens is 244 g/mol. The van der Waals surface area contributed by atoms with Crippen molar-refractivity contribution in [2.75, 3.05) is 11.4 Å². The second-order valence-corrected chi connectivity index (χ2v) is 6.66. The van der Waals surface area contributed by atoms with Gasteiger partial charge in [0.2, 0.25) is 0 Å². The van der Waals surface area contributed by atoms with Crippen LogP contribution in [0.4, 0.5) is 5.13 Å². The fourth-order valence-corrected chi connectivity index (χ4v) is 3.86. The lowest BCUT2D eigenvalue weighted by Crippen LogP contribution is -2.45. The molecule has 0 aliphatic carbocycles. The van der Waals surface area contributed by atoms with Crippen molar-refractivity contribution in [3.05, 3.63) is 10.6 Å². The van der Waals surface area contributed by atoms with E-state index in [1.807, 2.05) is 6.92 Å². The minimum Gasteiger partial charge on any atom is -0.345 e. The van der Waals surface area contributed by atoms with Crippen LogP contribution in [0.15, 0.2) is 0 Å². The summed E-state index contributed by atoms with van der Waals surface area (Å²) in [4.78, 5) is 19.3. The third-order valence-corrected chi connectivity index (χ3v) is 5.24. The van der Waals surface area contributed by atoms with Gasteiger partial charge in [-0.25, -0.2) is 4.98 Å². The molecule has 18 heavy (non-hydrogen) atoms. The monoisotopic (exact) mass is 266 g/mol. The van der Waals surface area contributed by atoms with Crippen molar-refractivity contribution < 1.29 is 4.79 Å². The van der Waals surface area contributed by atoms with E-state index in [1.54, 1.807) is 18.3 Å². The van der Waals surface area contributed by atoms with E-state index in [9.17, 15) is 4.79 Å². The van der Waals surface area contributed by atoms with Gasteiger partial charge < -0.3 is 4.90 Å². The highest BCUT2D eigenvalue weighted by molar-refractivity contribution is 7.17. The van der Waals surface area contributed by atoms with Crippen molar-refractivity contribution in [1.82, 2.24) is 4.98 Å². The number of carbonyl (C=O) groups is 1. The molecule has 0 bridgehead atoms. The van der Waals surface area contributed by atoms with Crippen LogP contribution in [0.5, 0.6) is 0 Å². The highest BCUT2D eigenvalue weighted by Gasteiger charge is 2.31. The molecule has 1 aliphatic heterocycles. The number of Topliss-reactive ketones (excluding diaryl/α,β-unsaturated/α-hetero) is 1. The van der Waals surface area contributed by atoms with Gasteiger partial charge in [0.05, 0.1) is 10.6 Å². The lowest BCUT2D eigenvalue weighted by atomic mass is 9.86. The number of hydrogen-bond acceptors (Lipinski definition) is 4. The van der Waals surface area contributed by atoms with Crippen LogP contribution in [-0.4, -0.2) is 23.4 Å². The van der Waals surface area contributed by atoms with Crippen LogP contribution in [-0.2, 0) is 0 Å². The average Bonchev–Trinajstić information content (AvgIpc) is 2.65. The summed E-state index contributed by atoms with van der Waals surface area (Å²) in [7, 11) is 0. The molecule has 0 aromatic carbocycles. The Morgan fingerprint density at radius 1 is 1.39 bits per heavy atom. The maximum Gasteiger partial charge on any atom is 0.186 e. The summed E-state index contributed by atoms with van der Waals surface area (Å²) in [6, 6.07) is 0.506. The number of piperidine rings is 1. The van der Waals surface area contributed by atoms with Gasteiger partial charge in [0.1, 0.15) is 0 Å². The van der Waals surface area contributed by atoms with Gasteiger partial charge in [-0.05, 0) is 32.1 Å². The third-order valence-electron chi connectivity index (χ3n) is 3.95. The summed E-state index contributed by atoms with van der Waals surface area (Å²) < 4.78 is 0. The molecule has 1 aromatic heterocycles. The molecule has 1 aromatic rings. The van der Waals surface area contributed by atoms with Crippen LogP contribution in [0.25, 0.3) is 0 Å². The van der Waals surface area contributed by atoms with E-state index in [0.717, 1.165) is 22.2 Å². The van der Waals surface area contributed by atoms with E-state index in [4.69, 9.17) is 0 Å². The molecule has 2 heterocycles. The van der Waals surface area contributed by atoms with Crippen molar-refractivity contribution in [3.63, 3.8) is 0 Å². The maximum absolute atomic E-state index is 11.5. The van der Waals surface area contributed by atoms with Crippen LogP contribution in [0.3, 0.4) is 0 Å². The molecule has 1 fully saturated rings. The van der Waals surface area contributed by atoms with E-state index in [1.165, 1.54) is 6.42 Å². The second-order valence-electron chi connectivity index (χ2n) is 5.68. The van der Waals surface area contributed by atoms with Crippen molar-refractivity contribution >= 4 is 22.3 Å². The zero-order valence-electron chi connectivity index (χ0n) is 11.9. The van der Waals surface area contributed by atoms with Crippen LogP contribution in [0, 0.1) is 18.8 Å². The number of nitrogens with zero attached hydrogens (tertiary/aromatic N) is 2. The van der Waals surface area contributed by atoms with Crippen molar-refractivity contribution in [2.24, 2.45) is 11.8 Å². The predicted molar refractivity (Wildman–Crippen MR) is 76.6 cm³/mol. The van der Waals surface area contributed by atoms with E-state index >= 15 is 0 Å². The highest BCUT2D eigenvalue weighted by Crippen LogP contribution is 2.34. The Bertz CT molecular complexity index is 455. The van der Waals surface area contributed by atoms with Crippen molar-refractivity contribution in [1.29, 1.82) is 0 Å². The van der Waals surface area contributed by atoms with Crippen LogP contribution in [0.2, 0.25) is 0 Å². The zero-order valence-corrected chi connectivity index (χ0v) is 12.7. The minimum absolute atomic E-state index is 0.127. The van der Waals surface area contributed by atoms with Gasteiger partial charge >= 0.3 is 0 Å². The quantitative estimate of drug-likeness (QED) is 0.768. The van der Waals surface area contributed by atoms with Gasteiger partial charge in [0, 0.05) is 19.5 Å². The first-order valence-corrected chi connectivity index (χ1v) is 7.46. The summed E-state index contributed by atoms with van der Waals surface area (Å²) >= 11 is 1.55. The van der Waals surface area contributed by atoms with Crippen molar-refractivity contribution in [3.8, 4) is 0 Å². The molecule has 0 radical (unpaired) electrons. The number of anilines is 1. The standard InChI is InChI=1S/C14H22N2OS/c1-8-6-9(2)11(4)16(7-8)14-15-10(3)13(18-14)12(5)17/h8-9,11H,6-7H2,1-5H3. The zero-order chi connectivity index (χ0) is 13.4. The topological polar surface area (TPSA) is 33.2 Å². The summed E-state index contributed by atoms with van der Waals surface area (Å²) in [5.74, 6) is 1.50. The predicted octanol–water partition coefficient (Wildman–Crippen LogP) is 3.52. The summed E-state index contributed by atoms with van der Waals surface area (Å²) in [5.41, 5.74) is 0.876. The Kier molecular flexibility index (Phi) is 3.76. The molecule has 3 atom stereocenters. The summed E-state index contributed by atoms with van der Waals surface area (Å²) in [6.07, 6.45) is 1.28. The number of rotatable bonds is 2. The van der Waals surface area contributed by atoms with Gasteiger partial charge in [0.25, 0.3) is 0 Å². The maximum atomic E-state index is 11.5. The minimum atomic E-state index is 0.127. The molecule has 1 saturated heterocycles. The number of ketones is 1. The normalized spacial score (nSPS) is 28.5. The Morgan fingerprint density at radius 3 is 2.61 bits per heavy atom. The molecule has 0 amide bonds. The Morgan fingerprint density at radius 2 is 2.06 bits per heavy atom. The molecule has 0 saturated carbocycles. The number of aromatic nitrogens is 1. The third kappa shape index (κ3) is 2.44. The highest BCUT2D eigenvalue weighted by atomic mass is 32.1. The van der Waals surface area contributed by atoms with Crippen LogP contribution >= 0.6 is 11.3 Å². The molecule has 4 heteroatoms. The first kappa shape index (κ1) is 13.5. The molecule has 100 valence electrons. The van der Waals surface area contributed by atoms with E-state index in [0.29, 0.717) is 17.9 Å². The molecule has 1 aliphatic rings. The average molecular weight is 266 g/mol. The summed E-state index contributed by atoms with van der Waals surface area (Å²) in [6.45, 7) is 11.5. The fraction of sp³-hybridized carbons (Fsp3) is 0.714. The number of aryl methyl sites for hydroxylation is 1. The van der Waals surface area contributed by atoms with Gasteiger partial charge in [-0.1, -0.05) is 25.2 Å². The van der Waals surface area contributed by atoms with Crippen LogP contribution < -0.4 is 4.90 Å². The van der Waals surface area contributed by atoms with Gasteiger partial charge in [-0.3, -0.25) is 4.79 Å². The summed E-state index contributed by atoms with van der Waals surface area (Å²) in [5, 5.41) is 1.02. The molecule has 3 nitrogen and oxygen atoms in total. The van der Waals surface area contributed by atoms with Gasteiger partial charge in [0.15, 0.2) is 10.9 Å². The number of carbonyl (C=O) groups excluding carboxylic acids is 1. The van der Waals surface area contributed by atoms with Crippen LogP contribution in [0.1, 0.15) is 49.5 Å². The SMILES string of the molecule is CC(=O)c1sc(N2CC(C)CC(C)C2C)nc1C. The molecule has 0 spiro atoms. The molecule has 3 unspecified atom stereocenters. The lowest BCUT2D eigenvalue weighted by Gasteiger charge is -2.41. The molecular formula is C14H22N2OS. The fourth-order valence-electron chi connectivity index (χ4n) is 2.80. The first-order chi connectivity index (χ1) is 8.40. The first-order valence-electron chi connectivity index (χ1n) is 6.65. The second kappa shape index (κ2) is 5.00. The number of thiazole rings is 1. The lowest BCUT2D eigenvalue weighted by molar-refractivity contribution is 0.102.